The van der Waals surface area contributed by atoms with Crippen LogP contribution in [0.5, 0.6) is 0 Å². The number of aliphatic carboxylic acids is 1. The molecule has 1 atom stereocenters. The molecule has 1 aliphatic heterocycles. The minimum absolute atomic E-state index is 0.0130. The van der Waals surface area contributed by atoms with Crippen molar-refractivity contribution in [3.63, 3.8) is 0 Å². The molecule has 1 saturated heterocycles. The summed E-state index contributed by atoms with van der Waals surface area (Å²) in [6, 6.07) is 12.7. The fraction of sp³-hybridized carbons (Fsp3) is 0.412. The fourth-order valence-electron chi connectivity index (χ4n) is 5.67. The van der Waals surface area contributed by atoms with Gasteiger partial charge in [-0.05, 0) is 75.3 Å². The maximum Gasteiger partial charge on any atom is 0.303 e. The van der Waals surface area contributed by atoms with Crippen LogP contribution in [0.1, 0.15) is 68.1 Å². The molecule has 0 radical (unpaired) electrons. The van der Waals surface area contributed by atoms with Crippen molar-refractivity contribution in [1.29, 1.82) is 0 Å². The lowest BCUT2D eigenvalue weighted by Crippen LogP contribution is -2.48. The van der Waals surface area contributed by atoms with E-state index >= 15 is 0 Å². The molecule has 5 rings (SSSR count). The van der Waals surface area contributed by atoms with Gasteiger partial charge in [-0.15, -0.1) is 0 Å². The number of nitrogens with zero attached hydrogens (tertiary/aromatic N) is 4. The molecule has 1 aromatic heterocycles. The molecule has 2 aromatic carbocycles. The predicted octanol–water partition coefficient (Wildman–Crippen LogP) is 6.54. The van der Waals surface area contributed by atoms with Crippen molar-refractivity contribution >= 4 is 22.9 Å². The van der Waals surface area contributed by atoms with Crippen molar-refractivity contribution in [2.24, 2.45) is 5.92 Å². The van der Waals surface area contributed by atoms with Crippen molar-refractivity contribution < 1.29 is 19.1 Å². The van der Waals surface area contributed by atoms with Gasteiger partial charge in [-0.2, -0.15) is 0 Å². The van der Waals surface area contributed by atoms with Gasteiger partial charge in [0.2, 0.25) is 0 Å². The number of carbonyl (C=O) groups excluding carboxylic acids is 1. The monoisotopic (exact) mass is 570 g/mol. The standard InChI is InChI=1S/C34H39FN4O3/c1-23(21-31(40)41)9-15-29-32(24-10-13-26(14-11-24)34(2,3)35)37-28-16-12-25(22-30(28)36-29)33(42)39-19-17-38(18-20-39)27-7-5-4-6-8-27/h4-5,7,10-14,16,22-23H,6,8-9,15,17-21H2,1-3H3,(H,40,41). The third-order valence-electron chi connectivity index (χ3n) is 8.19. The highest BCUT2D eigenvalue weighted by Gasteiger charge is 2.24. The zero-order valence-electron chi connectivity index (χ0n) is 24.6. The van der Waals surface area contributed by atoms with Crippen molar-refractivity contribution in [2.45, 2.75) is 58.5 Å². The van der Waals surface area contributed by atoms with Gasteiger partial charge >= 0.3 is 5.97 Å². The summed E-state index contributed by atoms with van der Waals surface area (Å²) in [5.41, 5.74) is 4.59. The summed E-state index contributed by atoms with van der Waals surface area (Å²) in [4.78, 5) is 38.9. The molecule has 0 spiro atoms. The van der Waals surface area contributed by atoms with Crippen LogP contribution in [0.4, 0.5) is 4.39 Å². The van der Waals surface area contributed by atoms with Gasteiger partial charge in [-0.1, -0.05) is 43.3 Å². The van der Waals surface area contributed by atoms with Gasteiger partial charge in [0.05, 0.1) is 22.4 Å². The third kappa shape index (κ3) is 6.86. The second-order valence-electron chi connectivity index (χ2n) is 11.9. The van der Waals surface area contributed by atoms with Crippen LogP contribution in [-0.2, 0) is 16.9 Å². The summed E-state index contributed by atoms with van der Waals surface area (Å²) in [7, 11) is 0. The van der Waals surface area contributed by atoms with Crippen LogP contribution in [0.15, 0.2) is 66.4 Å². The molecule has 1 amide bonds. The molecule has 42 heavy (non-hydrogen) atoms. The molecule has 7 nitrogen and oxygen atoms in total. The number of amides is 1. The lowest BCUT2D eigenvalue weighted by atomic mass is 9.95. The number of hydrogen-bond donors (Lipinski definition) is 1. The van der Waals surface area contributed by atoms with Crippen LogP contribution >= 0.6 is 0 Å². The number of carbonyl (C=O) groups is 2. The molecule has 2 aliphatic rings. The van der Waals surface area contributed by atoms with Crippen LogP contribution in [0, 0.1) is 5.92 Å². The first-order valence-corrected chi connectivity index (χ1v) is 14.8. The highest BCUT2D eigenvalue weighted by atomic mass is 19.1. The third-order valence-corrected chi connectivity index (χ3v) is 8.19. The van der Waals surface area contributed by atoms with E-state index in [1.807, 2.05) is 42.2 Å². The van der Waals surface area contributed by atoms with E-state index in [0.29, 0.717) is 53.8 Å². The summed E-state index contributed by atoms with van der Waals surface area (Å²) in [5, 5.41) is 9.22. The van der Waals surface area contributed by atoms with Gasteiger partial charge in [-0.25, -0.2) is 14.4 Å². The number of benzene rings is 2. The average molecular weight is 571 g/mol. The zero-order chi connectivity index (χ0) is 29.9. The molecule has 0 saturated carbocycles. The first-order valence-electron chi connectivity index (χ1n) is 14.8. The van der Waals surface area contributed by atoms with Gasteiger partial charge in [-0.3, -0.25) is 9.59 Å². The highest BCUT2D eigenvalue weighted by molar-refractivity contribution is 5.97. The summed E-state index contributed by atoms with van der Waals surface area (Å²) < 4.78 is 14.5. The van der Waals surface area contributed by atoms with E-state index in [9.17, 15) is 19.1 Å². The number of piperazine rings is 1. The van der Waals surface area contributed by atoms with E-state index in [1.165, 1.54) is 19.5 Å². The van der Waals surface area contributed by atoms with E-state index in [4.69, 9.17) is 9.97 Å². The molecular weight excluding hydrogens is 531 g/mol. The number of aromatic nitrogens is 2. The number of fused-ring (bicyclic) bond motifs is 1. The van der Waals surface area contributed by atoms with Crippen molar-refractivity contribution in [3.8, 4) is 11.3 Å². The van der Waals surface area contributed by atoms with Crippen molar-refractivity contribution in [1.82, 2.24) is 19.8 Å². The minimum atomic E-state index is -1.46. The van der Waals surface area contributed by atoms with Crippen LogP contribution in [0.2, 0.25) is 0 Å². The molecule has 1 unspecified atom stereocenters. The first-order chi connectivity index (χ1) is 20.1. The van der Waals surface area contributed by atoms with Crippen LogP contribution in [0.3, 0.4) is 0 Å². The number of hydrogen-bond acceptors (Lipinski definition) is 5. The molecule has 1 fully saturated rings. The van der Waals surface area contributed by atoms with Gasteiger partial charge in [0.25, 0.3) is 5.91 Å². The Balaban J connectivity index is 1.40. The number of halogens is 1. The average Bonchev–Trinajstić information content (AvgIpc) is 2.99. The molecule has 0 bridgehead atoms. The Morgan fingerprint density at radius 2 is 1.76 bits per heavy atom. The molecular formula is C34H39FN4O3. The van der Waals surface area contributed by atoms with Crippen LogP contribution in [0.25, 0.3) is 22.3 Å². The lowest BCUT2D eigenvalue weighted by molar-refractivity contribution is -0.138. The lowest BCUT2D eigenvalue weighted by Gasteiger charge is -2.37. The minimum Gasteiger partial charge on any atom is -0.481 e. The highest BCUT2D eigenvalue weighted by Crippen LogP contribution is 2.30. The van der Waals surface area contributed by atoms with E-state index in [-0.39, 0.29) is 18.2 Å². The molecule has 8 heteroatoms. The van der Waals surface area contributed by atoms with E-state index < -0.39 is 11.6 Å². The Labute approximate surface area is 246 Å². The number of alkyl halides is 1. The predicted molar refractivity (Wildman–Crippen MR) is 163 cm³/mol. The van der Waals surface area contributed by atoms with Gasteiger partial charge in [0.1, 0.15) is 5.67 Å². The normalized spacial score (nSPS) is 16.4. The maximum absolute atomic E-state index is 14.5. The quantitative estimate of drug-likeness (QED) is 0.315. The van der Waals surface area contributed by atoms with E-state index in [0.717, 1.165) is 37.2 Å². The summed E-state index contributed by atoms with van der Waals surface area (Å²) in [6.45, 7) is 7.94. The summed E-state index contributed by atoms with van der Waals surface area (Å²) >= 11 is 0. The zero-order valence-corrected chi connectivity index (χ0v) is 24.6. The van der Waals surface area contributed by atoms with Crippen molar-refractivity contribution in [3.05, 3.63) is 83.2 Å². The molecule has 3 aromatic rings. The van der Waals surface area contributed by atoms with E-state index in [1.54, 1.807) is 12.1 Å². The maximum atomic E-state index is 14.5. The second-order valence-corrected chi connectivity index (χ2v) is 11.9. The van der Waals surface area contributed by atoms with Crippen molar-refractivity contribution in [2.75, 3.05) is 26.2 Å². The Bertz CT molecular complexity index is 1520. The summed E-state index contributed by atoms with van der Waals surface area (Å²) in [5.74, 6) is -0.872. The Kier molecular flexibility index (Phi) is 8.71. The molecule has 1 N–H and O–H groups in total. The smallest absolute Gasteiger partial charge is 0.303 e. The molecule has 220 valence electrons. The Hall–Kier alpha value is -4.07. The Morgan fingerprint density at radius 1 is 1.02 bits per heavy atom. The largest absolute Gasteiger partial charge is 0.481 e. The second kappa shape index (κ2) is 12.4. The van der Waals surface area contributed by atoms with Gasteiger partial charge < -0.3 is 14.9 Å². The first kappa shape index (κ1) is 29.4. The van der Waals surface area contributed by atoms with Gasteiger partial charge in [0, 0.05) is 49.4 Å². The molecule has 1 aliphatic carbocycles. The number of aryl methyl sites for hydroxylation is 1. The van der Waals surface area contributed by atoms with Gasteiger partial charge in [0.15, 0.2) is 0 Å². The summed E-state index contributed by atoms with van der Waals surface area (Å²) in [6.07, 6.45) is 9.82. The topological polar surface area (TPSA) is 86.6 Å². The Morgan fingerprint density at radius 3 is 2.40 bits per heavy atom. The fourth-order valence-corrected chi connectivity index (χ4v) is 5.67. The number of carboxylic acid groups (broad SMARTS) is 1. The van der Waals surface area contributed by atoms with E-state index in [2.05, 4.69) is 23.1 Å². The molecule has 2 heterocycles. The SMILES string of the molecule is CC(CCc1nc2cc(C(=O)N3CCN(C4=CC=CCC4)CC3)ccc2nc1-c1ccc(C(C)(C)F)cc1)CC(=O)O. The van der Waals surface area contributed by atoms with Crippen LogP contribution in [-0.4, -0.2) is 62.9 Å². The number of carboxylic acids is 1. The van der Waals surface area contributed by atoms with Crippen LogP contribution < -0.4 is 0 Å². The number of allylic oxidation sites excluding steroid dienone is 4. The number of rotatable bonds is 9.